The van der Waals surface area contributed by atoms with Crippen LogP contribution >= 0.6 is 0 Å². The third-order valence-corrected chi connectivity index (χ3v) is 10.7. The number of benzene rings is 8. The molecule has 0 saturated carbocycles. The van der Waals surface area contributed by atoms with Gasteiger partial charge in [-0.05, 0) is 89.3 Å². The lowest BCUT2D eigenvalue weighted by Gasteiger charge is -2.12. The van der Waals surface area contributed by atoms with Crippen molar-refractivity contribution in [1.82, 2.24) is 13.7 Å². The van der Waals surface area contributed by atoms with Gasteiger partial charge in [-0.1, -0.05) is 109 Å². The first-order valence-electron chi connectivity index (χ1n) is 17.5. The summed E-state index contributed by atoms with van der Waals surface area (Å²) in [5.41, 5.74) is 12.0. The van der Waals surface area contributed by atoms with Gasteiger partial charge >= 0.3 is 0 Å². The second-order valence-corrected chi connectivity index (χ2v) is 13.4. The monoisotopic (exact) mass is 649 g/mol. The van der Waals surface area contributed by atoms with Crippen LogP contribution in [0.4, 0.5) is 0 Å². The number of hydrogen-bond donors (Lipinski definition) is 0. The summed E-state index contributed by atoms with van der Waals surface area (Å²) in [5, 5.41) is 8.84. The largest absolute Gasteiger partial charge is 0.317 e. The van der Waals surface area contributed by atoms with Crippen molar-refractivity contribution < 1.29 is 0 Å². The standard InChI is InChI=1S/C48H31N3/c1-3-13-34(14-4-1)50-45-20-9-8-19-39(45)43-31-33(22-26-47(43)50)32-12-11-17-36(30-32)49-29-28-40-37-23-24-42-38-18-7-10-21-46(38)51(35-15-5-2-6-16-35)48(42)41(37)25-27-44(40)49/h1-31H. The molecular formula is C48H31N3. The predicted octanol–water partition coefficient (Wildman–Crippen LogP) is 12.6. The van der Waals surface area contributed by atoms with Crippen LogP contribution in [0.3, 0.4) is 0 Å². The Labute approximate surface area is 294 Å². The molecule has 11 aromatic rings. The fourth-order valence-electron chi connectivity index (χ4n) is 8.40. The fourth-order valence-corrected chi connectivity index (χ4v) is 8.40. The van der Waals surface area contributed by atoms with Gasteiger partial charge in [-0.15, -0.1) is 0 Å². The smallest absolute Gasteiger partial charge is 0.0619 e. The quantitative estimate of drug-likeness (QED) is 0.180. The van der Waals surface area contributed by atoms with E-state index in [-0.39, 0.29) is 0 Å². The van der Waals surface area contributed by atoms with Gasteiger partial charge in [0.25, 0.3) is 0 Å². The molecule has 0 aliphatic carbocycles. The van der Waals surface area contributed by atoms with Crippen molar-refractivity contribution in [2.45, 2.75) is 0 Å². The van der Waals surface area contributed by atoms with Crippen molar-refractivity contribution in [2.75, 3.05) is 0 Å². The molecule has 0 unspecified atom stereocenters. The van der Waals surface area contributed by atoms with E-state index in [1.165, 1.54) is 87.8 Å². The van der Waals surface area contributed by atoms with Crippen LogP contribution in [0.1, 0.15) is 0 Å². The van der Waals surface area contributed by atoms with E-state index >= 15 is 0 Å². The molecule has 0 saturated heterocycles. The molecular weight excluding hydrogens is 619 g/mol. The molecule has 0 amide bonds. The van der Waals surface area contributed by atoms with Gasteiger partial charge in [-0.25, -0.2) is 0 Å². The molecule has 0 fully saturated rings. The Morgan fingerprint density at radius 2 is 0.804 bits per heavy atom. The highest BCUT2D eigenvalue weighted by Crippen LogP contribution is 2.40. The molecule has 8 aromatic carbocycles. The minimum absolute atomic E-state index is 1.15. The van der Waals surface area contributed by atoms with Crippen molar-refractivity contribution in [3.63, 3.8) is 0 Å². The fraction of sp³-hybridized carbons (Fsp3) is 0. The second kappa shape index (κ2) is 10.8. The molecule has 238 valence electrons. The zero-order valence-corrected chi connectivity index (χ0v) is 27.7. The number of fused-ring (bicyclic) bond motifs is 10. The van der Waals surface area contributed by atoms with Gasteiger partial charge in [-0.2, -0.15) is 0 Å². The Morgan fingerprint density at radius 3 is 1.59 bits per heavy atom. The third kappa shape index (κ3) is 4.12. The highest BCUT2D eigenvalue weighted by molar-refractivity contribution is 6.23. The van der Waals surface area contributed by atoms with Gasteiger partial charge in [0.1, 0.15) is 0 Å². The van der Waals surface area contributed by atoms with Crippen molar-refractivity contribution in [2.24, 2.45) is 0 Å². The summed E-state index contributed by atoms with van der Waals surface area (Å²) in [4.78, 5) is 0. The maximum atomic E-state index is 2.42. The highest BCUT2D eigenvalue weighted by atomic mass is 15.0. The Kier molecular flexibility index (Phi) is 5.96. The van der Waals surface area contributed by atoms with Gasteiger partial charge < -0.3 is 13.7 Å². The average molecular weight is 650 g/mol. The normalized spacial score (nSPS) is 11.9. The highest BCUT2D eigenvalue weighted by Gasteiger charge is 2.17. The molecule has 3 nitrogen and oxygen atoms in total. The van der Waals surface area contributed by atoms with Crippen LogP contribution in [0.15, 0.2) is 188 Å². The lowest BCUT2D eigenvalue weighted by molar-refractivity contribution is 1.13. The summed E-state index contributed by atoms with van der Waals surface area (Å²) in [6.07, 6.45) is 2.22. The molecule has 3 heterocycles. The van der Waals surface area contributed by atoms with Crippen molar-refractivity contribution in [3.8, 4) is 28.2 Å². The molecule has 0 radical (unpaired) electrons. The molecule has 0 atom stereocenters. The maximum Gasteiger partial charge on any atom is 0.0619 e. The van der Waals surface area contributed by atoms with E-state index in [1.54, 1.807) is 0 Å². The van der Waals surface area contributed by atoms with Crippen LogP contribution in [-0.2, 0) is 0 Å². The van der Waals surface area contributed by atoms with Gasteiger partial charge in [0.2, 0.25) is 0 Å². The number of hydrogen-bond acceptors (Lipinski definition) is 0. The summed E-state index contributed by atoms with van der Waals surface area (Å²) in [6.45, 7) is 0. The second-order valence-electron chi connectivity index (χ2n) is 13.4. The molecule has 51 heavy (non-hydrogen) atoms. The Morgan fingerprint density at radius 1 is 0.275 bits per heavy atom. The maximum absolute atomic E-state index is 2.42. The topological polar surface area (TPSA) is 14.8 Å². The van der Waals surface area contributed by atoms with E-state index in [0.29, 0.717) is 0 Å². The Hall–Kier alpha value is -6.84. The summed E-state index contributed by atoms with van der Waals surface area (Å²) >= 11 is 0. The molecule has 0 aliphatic heterocycles. The first kappa shape index (κ1) is 28.0. The van der Waals surface area contributed by atoms with E-state index in [4.69, 9.17) is 0 Å². The van der Waals surface area contributed by atoms with Gasteiger partial charge in [0, 0.05) is 55.6 Å². The first-order chi connectivity index (χ1) is 25.3. The Balaban J connectivity index is 1.06. The third-order valence-electron chi connectivity index (χ3n) is 10.7. The molecule has 11 rings (SSSR count). The number of aromatic nitrogens is 3. The SMILES string of the molecule is c1ccc(-n2c3ccccc3c3cc(-c4cccc(-n5ccc6c7ccc8c9ccccc9n(-c9ccccc9)c8c7ccc65)c4)ccc32)cc1. The molecule has 3 heteroatoms. The van der Waals surface area contributed by atoms with E-state index < -0.39 is 0 Å². The van der Waals surface area contributed by atoms with Crippen LogP contribution in [0.25, 0.3) is 93.5 Å². The lowest BCUT2D eigenvalue weighted by atomic mass is 10.0. The van der Waals surface area contributed by atoms with Crippen LogP contribution in [0.2, 0.25) is 0 Å². The van der Waals surface area contributed by atoms with Crippen LogP contribution in [-0.4, -0.2) is 13.7 Å². The molecule has 0 aliphatic rings. The summed E-state index contributed by atoms with van der Waals surface area (Å²) in [6, 6.07) is 66.1. The summed E-state index contributed by atoms with van der Waals surface area (Å²) < 4.78 is 7.12. The van der Waals surface area contributed by atoms with E-state index in [9.17, 15) is 0 Å². The summed E-state index contributed by atoms with van der Waals surface area (Å²) in [7, 11) is 0. The Bertz CT molecular complexity index is 3120. The number of rotatable bonds is 4. The number of para-hydroxylation sites is 4. The summed E-state index contributed by atoms with van der Waals surface area (Å²) in [5.74, 6) is 0. The lowest BCUT2D eigenvalue weighted by Crippen LogP contribution is -1.95. The van der Waals surface area contributed by atoms with Gasteiger partial charge in [-0.3, -0.25) is 0 Å². The molecule has 0 N–H and O–H groups in total. The molecule has 3 aromatic heterocycles. The van der Waals surface area contributed by atoms with Crippen LogP contribution < -0.4 is 0 Å². The van der Waals surface area contributed by atoms with Crippen molar-refractivity contribution in [3.05, 3.63) is 188 Å². The molecule has 0 bridgehead atoms. The average Bonchev–Trinajstić information content (AvgIpc) is 3.89. The minimum atomic E-state index is 1.15. The predicted molar refractivity (Wildman–Crippen MR) is 215 cm³/mol. The minimum Gasteiger partial charge on any atom is -0.317 e. The van der Waals surface area contributed by atoms with Crippen molar-refractivity contribution >= 4 is 65.3 Å². The zero-order valence-electron chi connectivity index (χ0n) is 27.7. The number of nitrogens with zero attached hydrogens (tertiary/aromatic N) is 3. The van der Waals surface area contributed by atoms with Crippen LogP contribution in [0.5, 0.6) is 0 Å². The van der Waals surface area contributed by atoms with Crippen LogP contribution in [0, 0.1) is 0 Å². The van der Waals surface area contributed by atoms with E-state index in [2.05, 4.69) is 202 Å². The van der Waals surface area contributed by atoms with Crippen molar-refractivity contribution in [1.29, 1.82) is 0 Å². The zero-order chi connectivity index (χ0) is 33.5. The van der Waals surface area contributed by atoms with E-state index in [0.717, 1.165) is 5.69 Å². The van der Waals surface area contributed by atoms with Gasteiger partial charge in [0.15, 0.2) is 0 Å². The van der Waals surface area contributed by atoms with Gasteiger partial charge in [0.05, 0.1) is 27.6 Å². The van der Waals surface area contributed by atoms with E-state index in [1.807, 2.05) is 0 Å². The molecule has 0 spiro atoms. The first-order valence-corrected chi connectivity index (χ1v) is 17.5.